The van der Waals surface area contributed by atoms with Gasteiger partial charge in [0.2, 0.25) is 0 Å². The number of nitrogens with one attached hydrogen (secondary N) is 1. The summed E-state index contributed by atoms with van der Waals surface area (Å²) in [4.78, 5) is 22.3. The molecule has 2 aliphatic rings. The zero-order valence-corrected chi connectivity index (χ0v) is 9.97. The molecule has 1 amide bonds. The first-order valence-corrected chi connectivity index (χ1v) is 5.66. The van der Waals surface area contributed by atoms with Crippen molar-refractivity contribution in [1.29, 1.82) is 0 Å². The SMILES string of the molecule is CC(C(=O)OCC1CO1)=C(CC1CO1)NC(=O)O. The van der Waals surface area contributed by atoms with Crippen LogP contribution in [-0.4, -0.2) is 49.2 Å². The molecule has 2 aliphatic heterocycles. The van der Waals surface area contributed by atoms with E-state index in [1.807, 2.05) is 0 Å². The normalized spacial score (nSPS) is 26.1. The maximum atomic E-state index is 11.7. The summed E-state index contributed by atoms with van der Waals surface area (Å²) in [6, 6.07) is 0. The molecule has 7 nitrogen and oxygen atoms in total. The van der Waals surface area contributed by atoms with Crippen LogP contribution in [0.1, 0.15) is 13.3 Å². The van der Waals surface area contributed by atoms with Gasteiger partial charge in [0.1, 0.15) is 12.7 Å². The summed E-state index contributed by atoms with van der Waals surface area (Å²) in [5, 5.41) is 10.9. The molecule has 2 N–H and O–H groups in total. The lowest BCUT2D eigenvalue weighted by Gasteiger charge is -2.10. The lowest BCUT2D eigenvalue weighted by Crippen LogP contribution is -2.25. The number of hydrogen-bond donors (Lipinski definition) is 2. The van der Waals surface area contributed by atoms with Gasteiger partial charge in [-0.05, 0) is 6.92 Å². The highest BCUT2D eigenvalue weighted by Crippen LogP contribution is 2.20. The second-order valence-corrected chi connectivity index (χ2v) is 4.25. The fourth-order valence-electron chi connectivity index (χ4n) is 1.40. The van der Waals surface area contributed by atoms with E-state index < -0.39 is 12.1 Å². The number of rotatable bonds is 6. The summed E-state index contributed by atoms with van der Waals surface area (Å²) in [6.07, 6.45) is -0.859. The van der Waals surface area contributed by atoms with Crippen LogP contribution in [0.25, 0.3) is 0 Å². The van der Waals surface area contributed by atoms with Gasteiger partial charge in [0.15, 0.2) is 0 Å². The van der Waals surface area contributed by atoms with Crippen LogP contribution < -0.4 is 5.32 Å². The topological polar surface area (TPSA) is 101 Å². The van der Waals surface area contributed by atoms with Crippen LogP contribution in [0.2, 0.25) is 0 Å². The van der Waals surface area contributed by atoms with Gasteiger partial charge >= 0.3 is 12.1 Å². The second-order valence-electron chi connectivity index (χ2n) is 4.25. The molecule has 0 aliphatic carbocycles. The summed E-state index contributed by atoms with van der Waals surface area (Å²) in [6.45, 7) is 2.93. The van der Waals surface area contributed by atoms with E-state index in [-0.39, 0.29) is 24.4 Å². The van der Waals surface area contributed by atoms with E-state index in [0.29, 0.717) is 25.3 Å². The monoisotopic (exact) mass is 257 g/mol. The molecule has 0 spiro atoms. The molecule has 0 radical (unpaired) electrons. The Kier molecular flexibility index (Phi) is 3.83. The molecule has 2 fully saturated rings. The van der Waals surface area contributed by atoms with Gasteiger partial charge in [-0.2, -0.15) is 0 Å². The molecule has 2 saturated heterocycles. The number of ether oxygens (including phenoxy) is 3. The van der Waals surface area contributed by atoms with Gasteiger partial charge in [-0.25, -0.2) is 9.59 Å². The molecule has 18 heavy (non-hydrogen) atoms. The Morgan fingerprint density at radius 3 is 2.44 bits per heavy atom. The minimum absolute atomic E-state index is 0.00982. The van der Waals surface area contributed by atoms with Crippen LogP contribution >= 0.6 is 0 Å². The lowest BCUT2D eigenvalue weighted by atomic mass is 10.1. The van der Waals surface area contributed by atoms with E-state index >= 15 is 0 Å². The van der Waals surface area contributed by atoms with Gasteiger partial charge in [0, 0.05) is 12.1 Å². The predicted octanol–water partition coefficient (Wildman–Crippen LogP) is 0.259. The van der Waals surface area contributed by atoms with E-state index in [4.69, 9.17) is 19.3 Å². The molecule has 2 heterocycles. The van der Waals surface area contributed by atoms with E-state index in [2.05, 4.69) is 5.32 Å². The third-order valence-corrected chi connectivity index (χ3v) is 2.65. The molecule has 2 atom stereocenters. The number of amides is 1. The molecule has 100 valence electrons. The first-order valence-electron chi connectivity index (χ1n) is 5.66. The molecule has 7 heteroatoms. The zero-order valence-electron chi connectivity index (χ0n) is 9.97. The Bertz CT molecular complexity index is 383. The highest BCUT2D eigenvalue weighted by molar-refractivity contribution is 5.89. The molecular weight excluding hydrogens is 242 g/mol. The Labute approximate surface area is 104 Å². The average molecular weight is 257 g/mol. The number of hydrogen-bond acceptors (Lipinski definition) is 5. The van der Waals surface area contributed by atoms with Crippen LogP contribution in [0, 0.1) is 0 Å². The van der Waals surface area contributed by atoms with Crippen LogP contribution in [0.15, 0.2) is 11.3 Å². The van der Waals surface area contributed by atoms with Crippen molar-refractivity contribution in [3.63, 3.8) is 0 Å². The molecule has 0 saturated carbocycles. The Hall–Kier alpha value is -1.60. The van der Waals surface area contributed by atoms with Crippen molar-refractivity contribution in [3.05, 3.63) is 11.3 Å². The Balaban J connectivity index is 1.94. The second kappa shape index (κ2) is 5.36. The Morgan fingerprint density at radius 2 is 1.94 bits per heavy atom. The number of esters is 1. The molecule has 0 aromatic heterocycles. The summed E-state index contributed by atoms with van der Waals surface area (Å²) < 4.78 is 14.9. The fraction of sp³-hybridized carbons (Fsp3) is 0.636. The minimum Gasteiger partial charge on any atom is -0.465 e. The molecule has 0 bridgehead atoms. The van der Waals surface area contributed by atoms with E-state index in [0.717, 1.165) is 0 Å². The smallest absolute Gasteiger partial charge is 0.408 e. The van der Waals surface area contributed by atoms with Gasteiger partial charge < -0.3 is 19.3 Å². The number of carboxylic acid groups (broad SMARTS) is 1. The van der Waals surface area contributed by atoms with Crippen molar-refractivity contribution in [3.8, 4) is 0 Å². The molecule has 0 aromatic rings. The number of carbonyl (C=O) groups excluding carboxylic acids is 1. The van der Waals surface area contributed by atoms with Gasteiger partial charge in [0.25, 0.3) is 0 Å². The van der Waals surface area contributed by atoms with Gasteiger partial charge in [-0.1, -0.05) is 0 Å². The fourth-order valence-corrected chi connectivity index (χ4v) is 1.40. The van der Waals surface area contributed by atoms with E-state index in [1.54, 1.807) is 0 Å². The minimum atomic E-state index is -1.21. The molecule has 2 rings (SSSR count). The van der Waals surface area contributed by atoms with Crippen molar-refractivity contribution in [2.24, 2.45) is 0 Å². The van der Waals surface area contributed by atoms with Gasteiger partial charge in [-0.15, -0.1) is 0 Å². The third kappa shape index (κ3) is 4.01. The Morgan fingerprint density at radius 1 is 1.33 bits per heavy atom. The van der Waals surface area contributed by atoms with Crippen molar-refractivity contribution >= 4 is 12.1 Å². The summed E-state index contributed by atoms with van der Waals surface area (Å²) >= 11 is 0. The van der Waals surface area contributed by atoms with Crippen LogP contribution in [-0.2, 0) is 19.0 Å². The maximum Gasteiger partial charge on any atom is 0.408 e. The van der Waals surface area contributed by atoms with Gasteiger partial charge in [-0.3, -0.25) is 5.32 Å². The van der Waals surface area contributed by atoms with Crippen LogP contribution in [0.4, 0.5) is 4.79 Å². The van der Waals surface area contributed by atoms with E-state index in [1.165, 1.54) is 6.92 Å². The number of carbonyl (C=O) groups is 2. The summed E-state index contributed by atoms with van der Waals surface area (Å²) in [5.74, 6) is -0.532. The highest BCUT2D eigenvalue weighted by atomic mass is 16.6. The highest BCUT2D eigenvalue weighted by Gasteiger charge is 2.28. The van der Waals surface area contributed by atoms with Crippen LogP contribution in [0.3, 0.4) is 0 Å². The zero-order chi connectivity index (χ0) is 13.1. The first kappa shape index (κ1) is 12.8. The summed E-state index contributed by atoms with van der Waals surface area (Å²) in [5.41, 5.74) is 0.584. The van der Waals surface area contributed by atoms with Gasteiger partial charge in [0.05, 0.1) is 24.9 Å². The maximum absolute atomic E-state index is 11.7. The van der Waals surface area contributed by atoms with E-state index in [9.17, 15) is 9.59 Å². The average Bonchev–Trinajstić information content (AvgIpc) is 3.16. The molecular formula is C11H15NO6. The standard InChI is InChI=1S/C11H15NO6/c1-6(10(13)18-5-8-4-17-8)9(12-11(14)15)2-7-3-16-7/h7-8,12H,2-5H2,1H3,(H,14,15). The van der Waals surface area contributed by atoms with Crippen molar-refractivity contribution < 1.29 is 28.9 Å². The quantitative estimate of drug-likeness (QED) is 0.402. The first-order chi connectivity index (χ1) is 8.56. The van der Waals surface area contributed by atoms with Crippen LogP contribution in [0.5, 0.6) is 0 Å². The summed E-state index contributed by atoms with van der Waals surface area (Å²) in [7, 11) is 0. The lowest BCUT2D eigenvalue weighted by molar-refractivity contribution is -0.139. The third-order valence-electron chi connectivity index (χ3n) is 2.65. The molecule has 0 aromatic carbocycles. The number of epoxide rings is 2. The van der Waals surface area contributed by atoms with Crippen molar-refractivity contribution in [2.75, 3.05) is 19.8 Å². The molecule has 2 unspecified atom stereocenters. The van der Waals surface area contributed by atoms with Crippen molar-refractivity contribution in [1.82, 2.24) is 5.32 Å². The largest absolute Gasteiger partial charge is 0.465 e. The van der Waals surface area contributed by atoms with Crippen molar-refractivity contribution in [2.45, 2.75) is 25.6 Å². The predicted molar refractivity (Wildman–Crippen MR) is 58.9 cm³/mol.